The second-order valence-corrected chi connectivity index (χ2v) is 9.90. The number of hydrogen-bond acceptors (Lipinski definition) is 7. The van der Waals surface area contributed by atoms with Gasteiger partial charge in [-0.2, -0.15) is 9.97 Å². The molecule has 20 heavy (non-hydrogen) atoms. The maximum Gasteiger partial charge on any atom is 0.360 e. The van der Waals surface area contributed by atoms with Crippen LogP contribution in [0.1, 0.15) is 0 Å². The summed E-state index contributed by atoms with van der Waals surface area (Å²) in [4.78, 5) is 12.3. The first-order valence-electron chi connectivity index (χ1n) is 5.85. The minimum absolute atomic E-state index is 0.146. The van der Waals surface area contributed by atoms with Crippen LogP contribution >= 0.6 is 42.9 Å². The molecule has 0 spiro atoms. The number of thioether (sulfide) groups is 2. The predicted octanol–water partition coefficient (Wildman–Crippen LogP) is 2.65. The van der Waals surface area contributed by atoms with Crippen molar-refractivity contribution in [3.8, 4) is 0 Å². The molecule has 3 heterocycles. The van der Waals surface area contributed by atoms with E-state index < -0.39 is 7.80 Å². The predicted molar refractivity (Wildman–Crippen MR) is 85.9 cm³/mol. The van der Waals surface area contributed by atoms with Gasteiger partial charge in [0.25, 0.3) is 0 Å². The molecule has 0 aromatic carbocycles. The average molecular weight is 349 g/mol. The van der Waals surface area contributed by atoms with Gasteiger partial charge in [0.15, 0.2) is 10.8 Å². The van der Waals surface area contributed by atoms with Crippen molar-refractivity contribution in [2.75, 3.05) is 18.2 Å². The fraction of sp³-hybridized carbons (Fsp3) is 0.500. The Labute approximate surface area is 130 Å². The van der Waals surface area contributed by atoms with Crippen molar-refractivity contribution in [2.24, 2.45) is 0 Å². The van der Waals surface area contributed by atoms with Crippen molar-refractivity contribution in [3.63, 3.8) is 0 Å². The van der Waals surface area contributed by atoms with Gasteiger partial charge in [-0.25, -0.2) is 4.98 Å². The Morgan fingerprint density at radius 3 is 3.10 bits per heavy atom. The fourth-order valence-corrected chi connectivity index (χ4v) is 7.15. The highest BCUT2D eigenvalue weighted by Gasteiger charge is 2.37. The zero-order valence-electron chi connectivity index (χ0n) is 10.6. The molecule has 3 atom stereocenters. The number of hydrogen-bond donors (Lipinski definition) is 1. The maximum atomic E-state index is 11.5. The monoisotopic (exact) mass is 348 g/mol. The van der Waals surface area contributed by atoms with Crippen LogP contribution < -0.4 is 5.73 Å². The number of nitrogens with zero attached hydrogens (tertiary/aromatic N) is 4. The van der Waals surface area contributed by atoms with Gasteiger partial charge in [-0.1, -0.05) is 39.7 Å². The van der Waals surface area contributed by atoms with E-state index in [9.17, 15) is 4.57 Å². The van der Waals surface area contributed by atoms with Crippen molar-refractivity contribution in [2.45, 2.75) is 16.1 Å². The average Bonchev–Trinajstić information content (AvgIpc) is 2.98. The van der Waals surface area contributed by atoms with E-state index in [1.807, 2.05) is 4.57 Å². The zero-order valence-corrected chi connectivity index (χ0v) is 13.8. The van der Waals surface area contributed by atoms with Crippen LogP contribution in [-0.2, 0) is 11.1 Å². The van der Waals surface area contributed by atoms with Crippen molar-refractivity contribution >= 4 is 60.0 Å². The third-order valence-electron chi connectivity index (χ3n) is 2.87. The Kier molecular flexibility index (Phi) is 4.08. The summed E-state index contributed by atoms with van der Waals surface area (Å²) in [6.45, 7) is 2.53. The van der Waals surface area contributed by atoms with E-state index in [0.717, 1.165) is 12.3 Å². The third-order valence-corrected chi connectivity index (χ3v) is 9.09. The van der Waals surface area contributed by atoms with Crippen molar-refractivity contribution in [1.82, 2.24) is 19.5 Å². The summed E-state index contributed by atoms with van der Waals surface area (Å²) in [5, 5.41) is 0.658. The Hall–Kier alpha value is -0.560. The summed E-state index contributed by atoms with van der Waals surface area (Å²) in [7, 11) is -1.15. The molecule has 0 amide bonds. The lowest BCUT2D eigenvalue weighted by Gasteiger charge is -2.08. The molecule has 1 aliphatic rings. The minimum atomic E-state index is -1.15. The quantitative estimate of drug-likeness (QED) is 0.674. The summed E-state index contributed by atoms with van der Waals surface area (Å²) in [5.74, 6) is 1.12. The summed E-state index contributed by atoms with van der Waals surface area (Å²) >= 11 is 9.51. The van der Waals surface area contributed by atoms with E-state index in [2.05, 4.69) is 15.0 Å². The van der Waals surface area contributed by atoms with Gasteiger partial charge in [-0.05, 0) is 0 Å². The van der Waals surface area contributed by atoms with E-state index >= 15 is 0 Å². The highest BCUT2D eigenvalue weighted by molar-refractivity contribution is 8.25. The molecule has 2 N–H and O–H groups in total. The highest BCUT2D eigenvalue weighted by atomic mass is 35.5. The molecule has 106 valence electrons. The molecular formula is C10H12ClN5OPS2+. The molecule has 6 nitrogen and oxygen atoms in total. The molecule has 1 fully saturated rings. The molecule has 1 saturated heterocycles. The summed E-state index contributed by atoms with van der Waals surface area (Å²) < 4.78 is 13.6. The van der Waals surface area contributed by atoms with E-state index in [1.54, 1.807) is 36.5 Å². The lowest BCUT2D eigenvalue weighted by Crippen LogP contribution is -2.12. The molecule has 3 rings (SSSR count). The number of nitrogen functional groups attached to an aromatic ring is 1. The molecule has 0 radical (unpaired) electrons. The van der Waals surface area contributed by atoms with Crippen LogP contribution in [0.3, 0.4) is 0 Å². The number of anilines is 1. The van der Waals surface area contributed by atoms with Gasteiger partial charge in [0, 0.05) is 17.5 Å². The SMILES string of the molecule is C[P+](=O)C1SCC(Cn2cnc3c(Cl)nc(N)nc32)S1. The lowest BCUT2D eigenvalue weighted by molar-refractivity contribution is 0.593. The topological polar surface area (TPSA) is 86.7 Å². The second kappa shape index (κ2) is 5.67. The third kappa shape index (κ3) is 2.74. The van der Waals surface area contributed by atoms with Crippen molar-refractivity contribution in [1.29, 1.82) is 0 Å². The lowest BCUT2D eigenvalue weighted by atomic mass is 10.4. The summed E-state index contributed by atoms with van der Waals surface area (Å²) in [5.41, 5.74) is 6.84. The van der Waals surface area contributed by atoms with Gasteiger partial charge in [-0.15, -0.1) is 0 Å². The van der Waals surface area contributed by atoms with Crippen LogP contribution in [0.5, 0.6) is 0 Å². The molecular weight excluding hydrogens is 337 g/mol. The summed E-state index contributed by atoms with van der Waals surface area (Å²) in [6, 6.07) is 0. The van der Waals surface area contributed by atoms with Gasteiger partial charge in [0.2, 0.25) is 10.3 Å². The van der Waals surface area contributed by atoms with E-state index in [-0.39, 0.29) is 15.4 Å². The van der Waals surface area contributed by atoms with Crippen molar-refractivity contribution in [3.05, 3.63) is 11.5 Å². The Balaban J connectivity index is 1.84. The number of aromatic nitrogens is 4. The van der Waals surface area contributed by atoms with E-state index in [1.165, 1.54) is 0 Å². The van der Waals surface area contributed by atoms with Gasteiger partial charge in [0.05, 0.1) is 6.33 Å². The molecule has 10 heteroatoms. The van der Waals surface area contributed by atoms with Crippen LogP contribution in [0.25, 0.3) is 11.2 Å². The maximum absolute atomic E-state index is 11.5. The molecule has 3 unspecified atom stereocenters. The zero-order chi connectivity index (χ0) is 14.3. The normalized spacial score (nSPS) is 23.4. The standard InChI is InChI=1S/C10H12ClN5OPS2/c1-18(17)10-19-3-5(20-10)2-16-4-13-6-7(11)14-9(12)15-8(6)16/h4-5,10H,2-3H2,1H3,(H2,12,14,15)/q+1. The van der Waals surface area contributed by atoms with Gasteiger partial charge < -0.3 is 10.3 Å². The Morgan fingerprint density at radius 2 is 2.40 bits per heavy atom. The molecule has 0 bridgehead atoms. The number of halogens is 1. The van der Waals surface area contributed by atoms with Crippen LogP contribution in [0.4, 0.5) is 5.95 Å². The first-order chi connectivity index (χ1) is 9.54. The van der Waals surface area contributed by atoms with Crippen LogP contribution in [-0.4, -0.2) is 41.5 Å². The van der Waals surface area contributed by atoms with Gasteiger partial charge >= 0.3 is 7.80 Å². The second-order valence-electron chi connectivity index (χ2n) is 4.39. The van der Waals surface area contributed by atoms with Crippen LogP contribution in [0.2, 0.25) is 5.15 Å². The number of imidazole rings is 1. The number of rotatable bonds is 3. The smallest absolute Gasteiger partial charge is 0.360 e. The number of nitrogens with two attached hydrogens (primary N) is 1. The minimum Gasteiger partial charge on any atom is -0.368 e. The molecule has 2 aromatic heterocycles. The Bertz CT molecular complexity index is 681. The van der Waals surface area contributed by atoms with E-state index in [4.69, 9.17) is 17.3 Å². The van der Waals surface area contributed by atoms with E-state index in [0.29, 0.717) is 16.4 Å². The van der Waals surface area contributed by atoms with Crippen molar-refractivity contribution < 1.29 is 4.57 Å². The first-order valence-corrected chi connectivity index (χ1v) is 10.00. The highest BCUT2D eigenvalue weighted by Crippen LogP contribution is 2.50. The molecule has 0 aliphatic carbocycles. The fourth-order valence-electron chi connectivity index (χ4n) is 2.00. The Morgan fingerprint density at radius 1 is 1.60 bits per heavy atom. The molecule has 1 aliphatic heterocycles. The molecule has 0 saturated carbocycles. The number of fused-ring (bicyclic) bond motifs is 1. The van der Waals surface area contributed by atoms with Gasteiger partial charge in [-0.3, -0.25) is 0 Å². The molecule has 2 aromatic rings. The summed E-state index contributed by atoms with van der Waals surface area (Å²) in [6.07, 6.45) is 1.70. The largest absolute Gasteiger partial charge is 0.368 e. The van der Waals surface area contributed by atoms with Crippen LogP contribution in [0.15, 0.2) is 6.33 Å². The first kappa shape index (κ1) is 14.4. The van der Waals surface area contributed by atoms with Gasteiger partial charge in [0.1, 0.15) is 12.2 Å². The van der Waals surface area contributed by atoms with Crippen LogP contribution in [0, 0.1) is 0 Å².